The molecule has 2 aromatic heterocycles. The summed E-state index contributed by atoms with van der Waals surface area (Å²) in [5, 5.41) is 15.4. The number of methoxy groups -OCH3 is 1. The molecule has 0 atom stereocenters. The number of nitrogens with two attached hydrogens (primary N) is 1. The van der Waals surface area contributed by atoms with Gasteiger partial charge in [0.15, 0.2) is 11.5 Å². The summed E-state index contributed by atoms with van der Waals surface area (Å²) >= 11 is 0. The molecule has 202 valence electrons. The van der Waals surface area contributed by atoms with Crippen molar-refractivity contribution in [3.63, 3.8) is 0 Å². The van der Waals surface area contributed by atoms with Gasteiger partial charge >= 0.3 is 12.1 Å². The first-order valence-corrected chi connectivity index (χ1v) is 11.5. The third-order valence-corrected chi connectivity index (χ3v) is 5.69. The minimum Gasteiger partial charge on any atom is -0.493 e. The highest BCUT2D eigenvalue weighted by molar-refractivity contribution is 5.93. The van der Waals surface area contributed by atoms with Crippen molar-refractivity contribution >= 4 is 17.7 Å². The van der Waals surface area contributed by atoms with Gasteiger partial charge in [0.1, 0.15) is 17.3 Å². The molecule has 3 N–H and O–H groups in total. The highest BCUT2D eigenvalue weighted by Crippen LogP contribution is 2.33. The van der Waals surface area contributed by atoms with Crippen LogP contribution in [0.3, 0.4) is 0 Å². The summed E-state index contributed by atoms with van der Waals surface area (Å²) in [5.41, 5.74) is 8.04. The highest BCUT2D eigenvalue weighted by atomic mass is 19.4. The second kappa shape index (κ2) is 12.2. The fourth-order valence-corrected chi connectivity index (χ4v) is 3.83. The standard InChI is InChI=1S/C23H25N5O3.C2HF3O2/c1-15-12-21(24)26-27-22(15)16-8-10-28(11-9-16)23(29)18-13-19(30-2)20(14-25-18)31-17-6-4-3-5-7-17;3-2(4,5)1(6)7/h3-7,12-14,16H,8-11H2,1-2H3,(H2,24,26);(H,6,7). The van der Waals surface area contributed by atoms with Gasteiger partial charge in [-0.25, -0.2) is 9.78 Å². The summed E-state index contributed by atoms with van der Waals surface area (Å²) in [5.74, 6) is -0.596. The molecule has 0 unspecified atom stereocenters. The van der Waals surface area contributed by atoms with Gasteiger partial charge in [-0.2, -0.15) is 18.3 Å². The number of carboxylic acid groups (broad SMARTS) is 1. The predicted octanol–water partition coefficient (Wildman–Crippen LogP) is 4.22. The number of nitrogen functional groups attached to an aromatic ring is 1. The van der Waals surface area contributed by atoms with E-state index in [4.69, 9.17) is 25.1 Å². The number of ether oxygens (including phenoxy) is 2. The fraction of sp³-hybridized carbons (Fsp3) is 0.320. The molecule has 4 rings (SSSR count). The van der Waals surface area contributed by atoms with Crippen LogP contribution >= 0.6 is 0 Å². The number of piperidine rings is 1. The van der Waals surface area contributed by atoms with Crippen molar-refractivity contribution in [1.29, 1.82) is 0 Å². The van der Waals surface area contributed by atoms with Gasteiger partial charge in [0, 0.05) is 25.1 Å². The number of aromatic nitrogens is 3. The van der Waals surface area contributed by atoms with Crippen LogP contribution in [0, 0.1) is 6.92 Å². The third-order valence-electron chi connectivity index (χ3n) is 5.69. The van der Waals surface area contributed by atoms with Crippen LogP contribution in [0.1, 0.15) is 40.5 Å². The van der Waals surface area contributed by atoms with E-state index in [0.29, 0.717) is 41.8 Å². The van der Waals surface area contributed by atoms with Gasteiger partial charge in [-0.15, -0.1) is 5.10 Å². The van der Waals surface area contributed by atoms with Crippen LogP contribution in [-0.4, -0.2) is 63.4 Å². The van der Waals surface area contributed by atoms with Crippen molar-refractivity contribution in [2.45, 2.75) is 31.9 Å². The molecule has 38 heavy (non-hydrogen) atoms. The number of carbonyl (C=O) groups is 2. The molecule has 0 aliphatic carbocycles. The van der Waals surface area contributed by atoms with Crippen LogP contribution in [0.2, 0.25) is 0 Å². The van der Waals surface area contributed by atoms with E-state index in [1.54, 1.807) is 13.2 Å². The molecule has 3 heterocycles. The Hall–Kier alpha value is -4.42. The Kier molecular flexibility index (Phi) is 9.05. The predicted molar refractivity (Wildman–Crippen MR) is 130 cm³/mol. The number of anilines is 1. The van der Waals surface area contributed by atoms with E-state index in [2.05, 4.69) is 15.2 Å². The van der Waals surface area contributed by atoms with Gasteiger partial charge < -0.3 is 25.2 Å². The summed E-state index contributed by atoms with van der Waals surface area (Å²) in [6, 6.07) is 12.8. The van der Waals surface area contributed by atoms with Gasteiger partial charge in [-0.05, 0) is 43.5 Å². The van der Waals surface area contributed by atoms with Crippen LogP contribution in [0.15, 0.2) is 48.7 Å². The van der Waals surface area contributed by atoms with E-state index < -0.39 is 12.1 Å². The van der Waals surface area contributed by atoms with Crippen molar-refractivity contribution in [2.75, 3.05) is 25.9 Å². The number of likely N-dealkylation sites (tertiary alicyclic amines) is 1. The quantitative estimate of drug-likeness (QED) is 0.493. The summed E-state index contributed by atoms with van der Waals surface area (Å²) in [7, 11) is 1.54. The topological polar surface area (TPSA) is 141 Å². The summed E-state index contributed by atoms with van der Waals surface area (Å²) in [6.45, 7) is 3.25. The number of rotatable bonds is 5. The summed E-state index contributed by atoms with van der Waals surface area (Å²) < 4.78 is 43.0. The lowest BCUT2D eigenvalue weighted by Crippen LogP contribution is -2.38. The molecule has 0 spiro atoms. The van der Waals surface area contributed by atoms with E-state index in [0.717, 1.165) is 24.1 Å². The van der Waals surface area contributed by atoms with Gasteiger partial charge in [-0.3, -0.25) is 4.79 Å². The van der Waals surface area contributed by atoms with Crippen molar-refractivity contribution in [3.05, 3.63) is 65.6 Å². The fourth-order valence-electron chi connectivity index (χ4n) is 3.83. The van der Waals surface area contributed by atoms with Crippen molar-refractivity contribution in [1.82, 2.24) is 20.1 Å². The maximum Gasteiger partial charge on any atom is 0.490 e. The van der Waals surface area contributed by atoms with Gasteiger partial charge in [0.2, 0.25) is 0 Å². The Bertz CT molecular complexity index is 1270. The zero-order valence-corrected chi connectivity index (χ0v) is 20.6. The molecule has 1 aromatic carbocycles. The maximum absolute atomic E-state index is 13.0. The molecule has 13 heteroatoms. The van der Waals surface area contributed by atoms with Crippen molar-refractivity contribution in [2.24, 2.45) is 0 Å². The number of carbonyl (C=O) groups excluding carboxylic acids is 1. The average molecular weight is 534 g/mol. The number of pyridine rings is 1. The molecule has 3 aromatic rings. The number of aliphatic carboxylic acids is 1. The van der Waals surface area contributed by atoms with E-state index in [9.17, 15) is 18.0 Å². The second-order valence-corrected chi connectivity index (χ2v) is 8.34. The highest BCUT2D eigenvalue weighted by Gasteiger charge is 2.38. The lowest BCUT2D eigenvalue weighted by atomic mass is 9.91. The summed E-state index contributed by atoms with van der Waals surface area (Å²) in [6.07, 6.45) is -1.92. The Morgan fingerprint density at radius 3 is 2.26 bits per heavy atom. The minimum absolute atomic E-state index is 0.122. The molecule has 1 aliphatic heterocycles. The Morgan fingerprint density at radius 1 is 1.08 bits per heavy atom. The van der Waals surface area contributed by atoms with Gasteiger partial charge in [0.25, 0.3) is 5.91 Å². The van der Waals surface area contributed by atoms with Crippen LogP contribution in [0.5, 0.6) is 17.2 Å². The largest absolute Gasteiger partial charge is 0.493 e. The molecule has 1 amide bonds. The Morgan fingerprint density at radius 2 is 1.71 bits per heavy atom. The zero-order chi connectivity index (χ0) is 27.9. The van der Waals surface area contributed by atoms with Gasteiger partial charge in [-0.1, -0.05) is 18.2 Å². The first kappa shape index (κ1) is 28.2. The second-order valence-electron chi connectivity index (χ2n) is 8.34. The first-order valence-electron chi connectivity index (χ1n) is 11.5. The van der Waals surface area contributed by atoms with Crippen molar-refractivity contribution in [3.8, 4) is 17.2 Å². The normalized spacial score (nSPS) is 13.8. The number of nitrogens with zero attached hydrogens (tertiary/aromatic N) is 4. The number of benzene rings is 1. The molecule has 1 fully saturated rings. The van der Waals surface area contributed by atoms with E-state index in [1.165, 1.54) is 6.20 Å². The lowest BCUT2D eigenvalue weighted by molar-refractivity contribution is -0.192. The molecule has 1 aliphatic rings. The molecular formula is C25H26F3N5O5. The van der Waals surface area contributed by atoms with Crippen LogP contribution < -0.4 is 15.2 Å². The number of para-hydroxylation sites is 1. The molecule has 0 saturated carbocycles. The van der Waals surface area contributed by atoms with Crippen molar-refractivity contribution < 1.29 is 37.3 Å². The SMILES string of the molecule is COc1cc(C(=O)N2CCC(c3nnc(N)cc3C)CC2)ncc1Oc1ccccc1.O=C(O)C(F)(F)F. The number of amides is 1. The van der Waals surface area contributed by atoms with E-state index >= 15 is 0 Å². The first-order chi connectivity index (χ1) is 18.0. The molecule has 1 saturated heterocycles. The molecular weight excluding hydrogens is 507 g/mol. The monoisotopic (exact) mass is 533 g/mol. The number of carboxylic acids is 1. The molecule has 0 radical (unpaired) electrons. The molecule has 0 bridgehead atoms. The van der Waals surface area contributed by atoms with E-state index in [-0.39, 0.29) is 11.8 Å². The van der Waals surface area contributed by atoms with Crippen LogP contribution in [-0.2, 0) is 4.79 Å². The summed E-state index contributed by atoms with van der Waals surface area (Å²) in [4.78, 5) is 28.1. The van der Waals surface area contributed by atoms with Crippen LogP contribution in [0.4, 0.5) is 19.0 Å². The number of alkyl halides is 3. The number of hydrogen-bond donors (Lipinski definition) is 2. The zero-order valence-electron chi connectivity index (χ0n) is 20.6. The smallest absolute Gasteiger partial charge is 0.490 e. The van der Waals surface area contributed by atoms with E-state index in [1.807, 2.05) is 48.2 Å². The number of halogens is 3. The Labute approximate surface area is 216 Å². The lowest BCUT2D eigenvalue weighted by Gasteiger charge is -2.32. The number of hydrogen-bond acceptors (Lipinski definition) is 8. The van der Waals surface area contributed by atoms with Gasteiger partial charge in [0.05, 0.1) is 19.0 Å². The van der Waals surface area contributed by atoms with Crippen LogP contribution in [0.25, 0.3) is 0 Å². The maximum atomic E-state index is 13.0. The number of aryl methyl sites for hydroxylation is 1. The molecule has 10 nitrogen and oxygen atoms in total. The third kappa shape index (κ3) is 7.31. The average Bonchev–Trinajstić information content (AvgIpc) is 2.89. The Balaban J connectivity index is 0.000000505. The minimum atomic E-state index is -5.08.